The normalized spacial score (nSPS) is 13.1. The minimum Gasteiger partial charge on any atom is -0.497 e. The van der Waals surface area contributed by atoms with E-state index in [1.54, 1.807) is 62.2 Å². The van der Waals surface area contributed by atoms with Crippen molar-refractivity contribution in [3.05, 3.63) is 77.1 Å². The van der Waals surface area contributed by atoms with Crippen LogP contribution in [-0.4, -0.2) is 90.0 Å². The Morgan fingerprint density at radius 2 is 1.78 bits per heavy atom. The van der Waals surface area contributed by atoms with Gasteiger partial charge in [-0.3, -0.25) is 9.69 Å². The molecule has 0 saturated carbocycles. The summed E-state index contributed by atoms with van der Waals surface area (Å²) in [6, 6.07) is 11.8. The van der Waals surface area contributed by atoms with Crippen LogP contribution < -0.4 is 4.74 Å². The Kier molecular flexibility index (Phi) is 9.90. The predicted molar refractivity (Wildman–Crippen MR) is 163 cm³/mol. The Hall–Kier alpha value is -4.01. The van der Waals surface area contributed by atoms with Gasteiger partial charge in [0.1, 0.15) is 11.3 Å². The van der Waals surface area contributed by atoms with Gasteiger partial charge in [0.2, 0.25) is 0 Å². The molecule has 0 aliphatic rings. The van der Waals surface area contributed by atoms with Gasteiger partial charge in [0.25, 0.3) is 5.91 Å². The standard InChI is InChI=1S/C31H36F3N5O5S/c1-19(2)38(15-14-37(4)26(18-40)22-8-7-9-24(16-22)45(6,42)43)30(41)25-17-35-39-28(31(32,33)34)20(3)27(36-29(25)39)21-10-12-23(44-5)13-11-21/h7-13,16-17,19,26,40H,14-15,18H2,1-6H3. The molecule has 0 spiro atoms. The van der Waals surface area contributed by atoms with E-state index in [4.69, 9.17) is 4.74 Å². The van der Waals surface area contributed by atoms with E-state index in [1.165, 1.54) is 31.1 Å². The summed E-state index contributed by atoms with van der Waals surface area (Å²) in [6.07, 6.45) is -2.58. The topological polar surface area (TPSA) is 117 Å². The molecule has 0 fully saturated rings. The van der Waals surface area contributed by atoms with Crippen molar-refractivity contribution in [2.24, 2.45) is 0 Å². The predicted octanol–water partition coefficient (Wildman–Crippen LogP) is 4.65. The minimum atomic E-state index is -4.78. The molecule has 10 nitrogen and oxygen atoms in total. The molecule has 0 radical (unpaired) electrons. The van der Waals surface area contributed by atoms with Crippen molar-refractivity contribution >= 4 is 21.4 Å². The van der Waals surface area contributed by atoms with Crippen LogP contribution in [0.3, 0.4) is 0 Å². The van der Waals surface area contributed by atoms with Crippen molar-refractivity contribution in [1.82, 2.24) is 24.4 Å². The minimum absolute atomic E-state index is 0.0602. The van der Waals surface area contributed by atoms with Gasteiger partial charge in [-0.1, -0.05) is 12.1 Å². The molecule has 0 bridgehead atoms. The number of amides is 1. The molecule has 0 aliphatic carbocycles. The molecular formula is C31H36F3N5O5S. The van der Waals surface area contributed by atoms with Gasteiger partial charge in [0.05, 0.1) is 36.5 Å². The van der Waals surface area contributed by atoms with E-state index in [9.17, 15) is 31.5 Å². The number of likely N-dealkylation sites (N-methyl/N-ethyl adjacent to an activating group) is 1. The lowest BCUT2D eigenvalue weighted by atomic mass is 10.0. The van der Waals surface area contributed by atoms with Crippen LogP contribution in [0, 0.1) is 6.92 Å². The SMILES string of the molecule is COc1ccc(-c2nc3c(C(=O)N(CCN(C)C(CO)c4cccc(S(C)(=O)=O)c4)C(C)C)cnn3c(C(F)(F)F)c2C)cc1. The molecule has 14 heteroatoms. The van der Waals surface area contributed by atoms with Crippen molar-refractivity contribution in [1.29, 1.82) is 0 Å². The summed E-state index contributed by atoms with van der Waals surface area (Å²) in [5.74, 6) is -0.0315. The summed E-state index contributed by atoms with van der Waals surface area (Å²) >= 11 is 0. The number of nitrogens with zero attached hydrogens (tertiary/aromatic N) is 5. The lowest BCUT2D eigenvalue weighted by Crippen LogP contribution is -2.43. The first-order valence-electron chi connectivity index (χ1n) is 14.1. The number of aliphatic hydroxyl groups excluding tert-OH is 1. The van der Waals surface area contributed by atoms with Gasteiger partial charge in [0.15, 0.2) is 21.2 Å². The molecule has 2 aromatic heterocycles. The zero-order valence-corrected chi connectivity index (χ0v) is 26.6. The van der Waals surface area contributed by atoms with Crippen LogP contribution in [0.2, 0.25) is 0 Å². The molecule has 45 heavy (non-hydrogen) atoms. The molecule has 1 unspecified atom stereocenters. The molecule has 1 N–H and O–H groups in total. The fourth-order valence-corrected chi connectivity index (χ4v) is 5.89. The second kappa shape index (κ2) is 13.2. The summed E-state index contributed by atoms with van der Waals surface area (Å²) in [5, 5.41) is 14.1. The fraction of sp³-hybridized carbons (Fsp3) is 0.387. The molecule has 0 saturated heterocycles. The highest BCUT2D eigenvalue weighted by Crippen LogP contribution is 2.37. The zero-order valence-electron chi connectivity index (χ0n) is 25.8. The van der Waals surface area contributed by atoms with Crippen LogP contribution in [-0.2, 0) is 16.0 Å². The number of ether oxygens (including phenoxy) is 1. The highest BCUT2D eigenvalue weighted by molar-refractivity contribution is 7.90. The number of fused-ring (bicyclic) bond motifs is 1. The largest absolute Gasteiger partial charge is 0.497 e. The van der Waals surface area contributed by atoms with E-state index in [0.717, 1.165) is 12.5 Å². The van der Waals surface area contributed by atoms with Crippen LogP contribution in [0.25, 0.3) is 16.9 Å². The van der Waals surface area contributed by atoms with Gasteiger partial charge in [0, 0.05) is 36.5 Å². The average molecular weight is 648 g/mol. The highest BCUT2D eigenvalue weighted by atomic mass is 32.2. The number of aromatic nitrogens is 3. The highest BCUT2D eigenvalue weighted by Gasteiger charge is 2.39. The number of aliphatic hydroxyl groups is 1. The molecule has 1 atom stereocenters. The van der Waals surface area contributed by atoms with Gasteiger partial charge >= 0.3 is 6.18 Å². The summed E-state index contributed by atoms with van der Waals surface area (Å²) < 4.78 is 73.1. The summed E-state index contributed by atoms with van der Waals surface area (Å²) in [7, 11) is -0.255. The van der Waals surface area contributed by atoms with Gasteiger partial charge < -0.3 is 14.7 Å². The van der Waals surface area contributed by atoms with Crippen LogP contribution in [0.5, 0.6) is 5.75 Å². The Labute approximate surface area is 260 Å². The van der Waals surface area contributed by atoms with E-state index in [-0.39, 0.29) is 53.1 Å². The van der Waals surface area contributed by atoms with Crippen molar-refractivity contribution in [3.63, 3.8) is 0 Å². The Morgan fingerprint density at radius 1 is 1.11 bits per heavy atom. The molecule has 2 heterocycles. The van der Waals surface area contributed by atoms with E-state index >= 15 is 0 Å². The summed E-state index contributed by atoms with van der Waals surface area (Å²) in [5.41, 5.74) is -0.434. The van der Waals surface area contributed by atoms with Crippen LogP contribution >= 0.6 is 0 Å². The van der Waals surface area contributed by atoms with E-state index in [2.05, 4.69) is 10.1 Å². The Balaban J connectivity index is 1.69. The number of benzene rings is 2. The number of rotatable bonds is 11. The lowest BCUT2D eigenvalue weighted by Gasteiger charge is -2.32. The maximum Gasteiger partial charge on any atom is 0.433 e. The number of hydrogen-bond acceptors (Lipinski definition) is 8. The van der Waals surface area contributed by atoms with Crippen molar-refractivity contribution in [2.45, 2.75) is 43.9 Å². The number of alkyl halides is 3. The quantitative estimate of drug-likeness (QED) is 0.250. The third-order valence-corrected chi connectivity index (χ3v) is 8.81. The van der Waals surface area contributed by atoms with E-state index in [1.807, 2.05) is 0 Å². The first-order chi connectivity index (χ1) is 21.1. The molecule has 2 aromatic carbocycles. The second-order valence-corrected chi connectivity index (χ2v) is 13.1. The van der Waals surface area contributed by atoms with E-state index < -0.39 is 33.7 Å². The van der Waals surface area contributed by atoms with Crippen LogP contribution in [0.1, 0.15) is 47.1 Å². The number of methoxy groups -OCH3 is 1. The summed E-state index contributed by atoms with van der Waals surface area (Å²) in [4.78, 5) is 21.8. The Morgan fingerprint density at radius 3 is 2.33 bits per heavy atom. The maximum absolute atomic E-state index is 14.4. The maximum atomic E-state index is 14.4. The van der Waals surface area contributed by atoms with Gasteiger partial charge in [-0.25, -0.2) is 17.9 Å². The summed E-state index contributed by atoms with van der Waals surface area (Å²) in [6.45, 7) is 4.97. The molecule has 0 aliphatic heterocycles. The number of hydrogen-bond donors (Lipinski definition) is 1. The molecule has 4 aromatic rings. The van der Waals surface area contributed by atoms with Gasteiger partial charge in [-0.15, -0.1) is 0 Å². The first kappa shape index (κ1) is 33.9. The smallest absolute Gasteiger partial charge is 0.433 e. The zero-order chi connectivity index (χ0) is 33.3. The third-order valence-electron chi connectivity index (χ3n) is 7.70. The van der Waals surface area contributed by atoms with Crippen LogP contribution in [0.4, 0.5) is 13.2 Å². The first-order valence-corrected chi connectivity index (χ1v) is 16.0. The third kappa shape index (κ3) is 7.13. The lowest BCUT2D eigenvalue weighted by molar-refractivity contribution is -0.143. The average Bonchev–Trinajstić information content (AvgIpc) is 3.39. The van der Waals surface area contributed by atoms with E-state index in [0.29, 0.717) is 21.4 Å². The van der Waals surface area contributed by atoms with Crippen molar-refractivity contribution < 1.29 is 36.2 Å². The molecule has 242 valence electrons. The molecule has 1 amide bonds. The number of carbonyl (C=O) groups excluding carboxylic acids is 1. The van der Waals surface area contributed by atoms with Crippen LogP contribution in [0.15, 0.2) is 59.6 Å². The second-order valence-electron chi connectivity index (χ2n) is 11.1. The van der Waals surface area contributed by atoms with Crippen molar-refractivity contribution in [2.75, 3.05) is 40.1 Å². The number of carbonyl (C=O) groups is 1. The fourth-order valence-electron chi connectivity index (χ4n) is 5.21. The molecule has 4 rings (SSSR count). The van der Waals surface area contributed by atoms with Gasteiger partial charge in [-0.2, -0.15) is 18.3 Å². The number of halogens is 3. The number of sulfone groups is 1. The monoisotopic (exact) mass is 647 g/mol. The Bertz CT molecular complexity index is 1790. The van der Waals surface area contributed by atoms with Gasteiger partial charge in [-0.05, 0) is 69.8 Å². The molecular weight excluding hydrogens is 611 g/mol. The van der Waals surface area contributed by atoms with Crippen molar-refractivity contribution in [3.8, 4) is 17.0 Å².